The Balaban J connectivity index is 1.09. The van der Waals surface area contributed by atoms with Crippen molar-refractivity contribution in [3.63, 3.8) is 0 Å². The van der Waals surface area contributed by atoms with E-state index in [0.29, 0.717) is 22.3 Å². The minimum Gasteiger partial charge on any atom is -0.462 e. The van der Waals surface area contributed by atoms with Gasteiger partial charge in [0.25, 0.3) is 5.91 Å². The number of aliphatic hydroxyl groups is 1. The summed E-state index contributed by atoms with van der Waals surface area (Å²) in [4.78, 5) is 71.6. The molecule has 4 heterocycles. The average molecular weight is 706 g/mol. The summed E-state index contributed by atoms with van der Waals surface area (Å²) in [6, 6.07) is 12.8. The highest BCUT2D eigenvalue weighted by Gasteiger charge is 2.74. The third kappa shape index (κ3) is 6.51. The third-order valence-electron chi connectivity index (χ3n) is 9.98. The van der Waals surface area contributed by atoms with Gasteiger partial charge in [-0.05, 0) is 34.9 Å². The molecule has 0 aromatic heterocycles. The second-order valence-electron chi connectivity index (χ2n) is 14.0. The summed E-state index contributed by atoms with van der Waals surface area (Å²) in [5.41, 5.74) is 0.381. The minimum atomic E-state index is -1.37. The van der Waals surface area contributed by atoms with Crippen molar-refractivity contribution in [1.29, 1.82) is 0 Å². The van der Waals surface area contributed by atoms with E-state index in [-0.39, 0.29) is 52.0 Å². The first-order valence-corrected chi connectivity index (χ1v) is 16.8. The summed E-state index contributed by atoms with van der Waals surface area (Å²) in [5, 5.41) is 16.1. The lowest BCUT2D eigenvalue weighted by atomic mass is 9.62. The highest BCUT2D eigenvalue weighted by atomic mass is 16.8. The van der Waals surface area contributed by atoms with E-state index in [1.54, 1.807) is 62.4 Å². The Kier molecular flexibility index (Phi) is 9.41. The highest BCUT2D eigenvalue weighted by Crippen LogP contribution is 2.55. The fraction of sp³-hybridized carbons (Fsp3) is 0.472. The third-order valence-corrected chi connectivity index (χ3v) is 9.98. The predicted octanol–water partition coefficient (Wildman–Crippen LogP) is 0.775. The van der Waals surface area contributed by atoms with E-state index >= 15 is 0 Å². The van der Waals surface area contributed by atoms with E-state index in [4.69, 9.17) is 33.6 Å². The number of carbonyl (C=O) groups excluding carboxylic acids is 5. The fourth-order valence-corrected chi connectivity index (χ4v) is 7.50. The first kappa shape index (κ1) is 34.8. The summed E-state index contributed by atoms with van der Waals surface area (Å²) in [6.45, 7) is 3.77. The van der Waals surface area contributed by atoms with Gasteiger partial charge in [0.05, 0.1) is 13.2 Å². The van der Waals surface area contributed by atoms with Gasteiger partial charge in [0, 0.05) is 36.6 Å². The van der Waals surface area contributed by atoms with Crippen LogP contribution in [0.4, 0.5) is 0 Å². The van der Waals surface area contributed by atoms with E-state index in [1.165, 1.54) is 11.1 Å². The van der Waals surface area contributed by atoms with Crippen LogP contribution in [-0.4, -0.2) is 103 Å². The van der Waals surface area contributed by atoms with Gasteiger partial charge in [-0.15, -0.1) is 0 Å². The number of hydrogen-bond acceptors (Lipinski definition) is 13. The molecule has 3 N–H and O–H groups in total. The molecule has 4 saturated heterocycles. The zero-order valence-corrected chi connectivity index (χ0v) is 28.1. The molecule has 51 heavy (non-hydrogen) atoms. The number of amides is 2. The monoisotopic (exact) mass is 705 g/mol. The molecule has 5 fully saturated rings. The van der Waals surface area contributed by atoms with Crippen molar-refractivity contribution in [3.8, 4) is 0 Å². The number of carbonyl (C=O) groups is 5. The van der Waals surface area contributed by atoms with Gasteiger partial charge >= 0.3 is 17.9 Å². The smallest absolute Gasteiger partial charge is 0.348 e. The molecule has 2 amide bonds. The maximum absolute atomic E-state index is 14.3. The van der Waals surface area contributed by atoms with Crippen molar-refractivity contribution in [2.24, 2.45) is 10.8 Å². The van der Waals surface area contributed by atoms with E-state index in [0.717, 1.165) is 0 Å². The molecule has 2 aromatic rings. The molecule has 0 spiro atoms. The number of nitrogens with zero attached hydrogens (tertiary/aromatic N) is 1. The van der Waals surface area contributed by atoms with Crippen molar-refractivity contribution >= 4 is 35.8 Å². The zero-order chi connectivity index (χ0) is 35.9. The van der Waals surface area contributed by atoms with Crippen LogP contribution in [0, 0.1) is 10.8 Å². The van der Waals surface area contributed by atoms with E-state index in [2.05, 4.69) is 10.6 Å². The number of nitrogens with one attached hydrogen (secondary N) is 2. The Morgan fingerprint density at radius 2 is 1.80 bits per heavy atom. The number of cyclic esters (lactones) is 1. The largest absolute Gasteiger partial charge is 0.462 e. The molecule has 15 nitrogen and oxygen atoms in total. The van der Waals surface area contributed by atoms with Gasteiger partial charge in [0.15, 0.2) is 6.04 Å². The molecular weight excluding hydrogens is 666 g/mol. The average Bonchev–Trinajstić information content (AvgIpc) is 3.81. The van der Waals surface area contributed by atoms with Crippen molar-refractivity contribution in [2.75, 3.05) is 26.6 Å². The van der Waals surface area contributed by atoms with Gasteiger partial charge in [0.1, 0.15) is 43.2 Å². The zero-order valence-electron chi connectivity index (χ0n) is 28.1. The highest BCUT2D eigenvalue weighted by molar-refractivity contribution is 5.95. The maximum atomic E-state index is 14.3. The SMILES string of the molecule is CC1(C)COC(=O)C1OC(=O)C=Cc1cccc(CN2OC3C4OCOC4C4CC3(C(=O)NCc3cccc(C(=O)NCCO)c3)C2C(=O)O4)c1. The van der Waals surface area contributed by atoms with E-state index in [9.17, 15) is 24.0 Å². The Morgan fingerprint density at radius 3 is 2.59 bits per heavy atom. The number of ether oxygens (including phenoxy) is 5. The van der Waals surface area contributed by atoms with Crippen molar-refractivity contribution in [2.45, 2.75) is 69.9 Å². The molecule has 270 valence electrons. The van der Waals surface area contributed by atoms with Crippen molar-refractivity contribution in [1.82, 2.24) is 15.7 Å². The van der Waals surface area contributed by atoms with Gasteiger partial charge in [-0.1, -0.05) is 50.2 Å². The number of benzene rings is 2. The van der Waals surface area contributed by atoms with Gasteiger partial charge < -0.3 is 39.4 Å². The summed E-state index contributed by atoms with van der Waals surface area (Å²) < 4.78 is 28.0. The number of rotatable bonds is 11. The molecule has 7 unspecified atom stereocenters. The number of hydrogen-bond donors (Lipinski definition) is 3. The van der Waals surface area contributed by atoms with Crippen LogP contribution < -0.4 is 10.6 Å². The first-order chi connectivity index (χ1) is 24.5. The van der Waals surface area contributed by atoms with Crippen LogP contribution in [-0.2, 0) is 60.8 Å². The van der Waals surface area contributed by atoms with E-state index in [1.807, 2.05) is 6.07 Å². The lowest BCUT2D eigenvalue weighted by Gasteiger charge is -2.48. The van der Waals surface area contributed by atoms with Crippen LogP contribution in [0.15, 0.2) is 54.6 Å². The number of fused-ring (bicyclic) bond motifs is 4. The second-order valence-corrected chi connectivity index (χ2v) is 14.0. The quantitative estimate of drug-likeness (QED) is 0.169. The Hall–Kier alpha value is -4.67. The van der Waals surface area contributed by atoms with E-state index < -0.39 is 71.2 Å². The predicted molar refractivity (Wildman–Crippen MR) is 174 cm³/mol. The van der Waals surface area contributed by atoms with Crippen LogP contribution in [0.5, 0.6) is 0 Å². The van der Waals surface area contributed by atoms with Gasteiger partial charge in [0.2, 0.25) is 12.0 Å². The summed E-state index contributed by atoms with van der Waals surface area (Å²) >= 11 is 0. The molecule has 1 saturated carbocycles. The van der Waals surface area contributed by atoms with Gasteiger partial charge in [-0.3, -0.25) is 19.2 Å². The maximum Gasteiger partial charge on any atom is 0.348 e. The molecule has 2 bridgehead atoms. The van der Waals surface area contributed by atoms with Gasteiger partial charge in [-0.25, -0.2) is 9.59 Å². The van der Waals surface area contributed by atoms with Gasteiger partial charge in [-0.2, -0.15) is 5.06 Å². The summed E-state index contributed by atoms with van der Waals surface area (Å²) in [7, 11) is 0. The molecule has 2 aromatic carbocycles. The number of esters is 3. The topological polar surface area (TPSA) is 188 Å². The molecule has 1 aliphatic carbocycles. The summed E-state index contributed by atoms with van der Waals surface area (Å²) in [6.07, 6.45) is -0.906. The molecule has 15 heteroatoms. The molecule has 0 radical (unpaired) electrons. The first-order valence-electron chi connectivity index (χ1n) is 16.8. The Labute approximate surface area is 293 Å². The Bertz CT molecular complexity index is 1760. The van der Waals surface area contributed by atoms with Crippen molar-refractivity contribution in [3.05, 3.63) is 76.9 Å². The minimum absolute atomic E-state index is 0.0347. The molecule has 7 rings (SSSR count). The van der Waals surface area contributed by atoms with Crippen LogP contribution in [0.25, 0.3) is 6.08 Å². The lowest BCUT2D eigenvalue weighted by Crippen LogP contribution is -2.69. The second kappa shape index (κ2) is 13.8. The Morgan fingerprint density at radius 1 is 1.02 bits per heavy atom. The van der Waals surface area contributed by atoms with Crippen molar-refractivity contribution < 1.29 is 57.6 Å². The molecule has 5 aliphatic rings. The van der Waals surface area contributed by atoms with Crippen LogP contribution in [0.3, 0.4) is 0 Å². The number of hydroxylamine groups is 2. The lowest BCUT2D eigenvalue weighted by molar-refractivity contribution is -0.201. The molecular formula is C36H39N3O12. The van der Waals surface area contributed by atoms with Crippen LogP contribution in [0.1, 0.15) is 47.3 Å². The summed E-state index contributed by atoms with van der Waals surface area (Å²) in [5.74, 6) is -2.67. The standard InChI is InChI=1S/C36H39N3O12/c1-35(2)18-46-33(44)30(35)50-25(41)10-9-20-5-3-7-22(13-20)17-39-28-32(43)49-24-15-36(28,29(51-39)27-26(24)47-19-48-27)34(45)38-16-21-6-4-8-23(14-21)31(42)37-11-12-40/h3-10,13-14,24,26-30,40H,11-12,15-19H2,1-2H3,(H,37,42)(H,38,45). The van der Waals surface area contributed by atoms with Crippen LogP contribution in [0.2, 0.25) is 0 Å². The molecule has 4 aliphatic heterocycles. The number of aliphatic hydroxyl groups excluding tert-OH is 1. The fourth-order valence-electron chi connectivity index (χ4n) is 7.50. The molecule has 7 atom stereocenters. The normalized spacial score (nSPS) is 30.4. The van der Waals surface area contributed by atoms with Crippen LogP contribution >= 0.6 is 0 Å².